The van der Waals surface area contributed by atoms with Gasteiger partial charge in [-0.1, -0.05) is 37.5 Å². The van der Waals surface area contributed by atoms with Gasteiger partial charge < -0.3 is 9.31 Å². The molecule has 0 aliphatic carbocycles. The van der Waals surface area contributed by atoms with Crippen LogP contribution in [-0.2, 0) is 28.9 Å². The van der Waals surface area contributed by atoms with Gasteiger partial charge in [0.05, 0.1) is 18.0 Å². The zero-order valence-corrected chi connectivity index (χ0v) is 16.7. The zero-order valence-electron chi connectivity index (χ0n) is 15.9. The van der Waals surface area contributed by atoms with Gasteiger partial charge in [-0.05, 0) is 25.6 Å². The van der Waals surface area contributed by atoms with Crippen LogP contribution in [-0.4, -0.2) is 58.5 Å². The highest BCUT2D eigenvalue weighted by Crippen LogP contribution is 2.11. The van der Waals surface area contributed by atoms with E-state index in [9.17, 15) is 18.0 Å². The molecule has 1 unspecified atom stereocenters. The number of likely N-dealkylation sites (N-methyl/N-ethyl adjacent to an activating group) is 1. The van der Waals surface area contributed by atoms with E-state index < -0.39 is 35.0 Å². The third kappa shape index (κ3) is 6.67. The van der Waals surface area contributed by atoms with E-state index in [2.05, 4.69) is 16.6 Å². The molecule has 1 N–H and O–H groups in total. The number of benzene rings is 1. The van der Waals surface area contributed by atoms with Crippen molar-refractivity contribution in [3.63, 3.8) is 0 Å². The molecular formula is C18H23BN2O6S. The molecule has 1 aromatic carbocycles. The number of carbonyl (C=O) groups excluding carboxylic acids is 2. The molecule has 1 atom stereocenters. The predicted octanol–water partition coefficient (Wildman–Crippen LogP) is 0.586. The highest BCUT2D eigenvalue weighted by atomic mass is 32.2. The van der Waals surface area contributed by atoms with Crippen LogP contribution in [0.3, 0.4) is 0 Å². The molecule has 0 saturated carbocycles. The molecule has 1 heterocycles. The summed E-state index contributed by atoms with van der Waals surface area (Å²) in [4.78, 5) is 25.5. The standard InChI is InChI=1S/C18H23BN2O6S/c1-3-4-5-9-12-16(20-28(24,25)15-10-7-6-8-11-15)19-26-17(22)13-21(2)14-18(23)27-19/h6-8,10-11,16,20H,3-5,13-14H2,1-2H3. The Labute approximate surface area is 165 Å². The van der Waals surface area contributed by atoms with Gasteiger partial charge in [0.2, 0.25) is 10.0 Å². The highest BCUT2D eigenvalue weighted by molar-refractivity contribution is 7.89. The Morgan fingerprint density at radius 3 is 2.36 bits per heavy atom. The zero-order chi connectivity index (χ0) is 20.6. The molecule has 2 rings (SSSR count). The molecule has 150 valence electrons. The van der Waals surface area contributed by atoms with Gasteiger partial charge in [0.1, 0.15) is 5.94 Å². The predicted molar refractivity (Wildman–Crippen MR) is 103 cm³/mol. The lowest BCUT2D eigenvalue weighted by atomic mass is 9.78. The van der Waals surface area contributed by atoms with E-state index in [-0.39, 0.29) is 18.0 Å². The minimum Gasteiger partial charge on any atom is -0.497 e. The first-order chi connectivity index (χ1) is 13.3. The van der Waals surface area contributed by atoms with Gasteiger partial charge in [-0.3, -0.25) is 14.5 Å². The Kier molecular flexibility index (Phi) is 8.05. The first kappa shape index (κ1) is 21.9. The summed E-state index contributed by atoms with van der Waals surface area (Å²) in [6.45, 7) is 1.77. The van der Waals surface area contributed by atoms with Crippen LogP contribution in [0.1, 0.15) is 26.2 Å². The highest BCUT2D eigenvalue weighted by Gasteiger charge is 2.41. The number of hydrogen-bond donors (Lipinski definition) is 1. The number of unbranched alkanes of at least 4 members (excludes halogenated alkanes) is 2. The van der Waals surface area contributed by atoms with Crippen LogP contribution >= 0.6 is 0 Å². The molecule has 1 fully saturated rings. The molecule has 0 amide bonds. The molecule has 1 saturated heterocycles. The average Bonchev–Trinajstić information content (AvgIpc) is 2.63. The summed E-state index contributed by atoms with van der Waals surface area (Å²) in [5.74, 6) is 3.10. The molecule has 0 bridgehead atoms. The fraction of sp³-hybridized carbons (Fsp3) is 0.444. The third-order valence-electron chi connectivity index (χ3n) is 3.81. The molecule has 0 spiro atoms. The minimum absolute atomic E-state index is 0.0265. The fourth-order valence-electron chi connectivity index (χ4n) is 2.43. The SMILES string of the molecule is CCCCC#CC(NS(=O)(=O)c1ccccc1)B1OC(=O)CN(C)CC(=O)O1. The van der Waals surface area contributed by atoms with Gasteiger partial charge in [0.25, 0.3) is 0 Å². The Morgan fingerprint density at radius 2 is 1.79 bits per heavy atom. The van der Waals surface area contributed by atoms with Crippen LogP contribution < -0.4 is 4.72 Å². The van der Waals surface area contributed by atoms with Crippen molar-refractivity contribution in [2.45, 2.75) is 37.0 Å². The van der Waals surface area contributed by atoms with Crippen LogP contribution in [0, 0.1) is 11.8 Å². The van der Waals surface area contributed by atoms with Crippen molar-refractivity contribution in [3.8, 4) is 11.8 Å². The van der Waals surface area contributed by atoms with Gasteiger partial charge in [-0.25, -0.2) is 8.42 Å². The van der Waals surface area contributed by atoms with Crippen molar-refractivity contribution in [2.75, 3.05) is 20.1 Å². The first-order valence-corrected chi connectivity index (χ1v) is 10.4. The number of nitrogens with one attached hydrogen (secondary N) is 1. The van der Waals surface area contributed by atoms with E-state index >= 15 is 0 Å². The van der Waals surface area contributed by atoms with Gasteiger partial charge in [0, 0.05) is 6.42 Å². The number of sulfonamides is 1. The van der Waals surface area contributed by atoms with Crippen molar-refractivity contribution >= 4 is 29.1 Å². The van der Waals surface area contributed by atoms with E-state index in [1.807, 2.05) is 6.92 Å². The number of carbonyl (C=O) groups is 2. The second kappa shape index (κ2) is 10.3. The average molecular weight is 406 g/mol. The van der Waals surface area contributed by atoms with Crippen LogP contribution in [0.25, 0.3) is 0 Å². The summed E-state index contributed by atoms with van der Waals surface area (Å²) in [7, 11) is -3.86. The van der Waals surface area contributed by atoms with E-state index in [1.54, 1.807) is 25.2 Å². The van der Waals surface area contributed by atoms with E-state index in [0.29, 0.717) is 6.42 Å². The maximum atomic E-state index is 12.7. The summed E-state index contributed by atoms with van der Waals surface area (Å²) >= 11 is 0. The fourth-order valence-corrected chi connectivity index (χ4v) is 3.58. The molecule has 1 aromatic rings. The van der Waals surface area contributed by atoms with E-state index in [0.717, 1.165) is 12.8 Å². The van der Waals surface area contributed by atoms with Gasteiger partial charge in [-0.15, -0.1) is 5.92 Å². The summed E-state index contributed by atoms with van der Waals surface area (Å²) in [5, 5.41) is 0. The second-order valence-electron chi connectivity index (χ2n) is 6.36. The topological polar surface area (TPSA) is 102 Å². The Morgan fingerprint density at radius 1 is 1.18 bits per heavy atom. The molecule has 1 aliphatic heterocycles. The minimum atomic E-state index is -3.96. The Bertz CT molecular complexity index is 830. The van der Waals surface area contributed by atoms with Crippen LogP contribution in [0.15, 0.2) is 35.2 Å². The monoisotopic (exact) mass is 406 g/mol. The Hall–Kier alpha value is -2.35. The lowest BCUT2D eigenvalue weighted by molar-refractivity contribution is -0.145. The molecule has 1 aliphatic rings. The second-order valence-corrected chi connectivity index (χ2v) is 8.07. The summed E-state index contributed by atoms with van der Waals surface area (Å²) in [6.07, 6.45) is 2.30. The summed E-state index contributed by atoms with van der Waals surface area (Å²) in [5.41, 5.74) is 0. The summed E-state index contributed by atoms with van der Waals surface area (Å²) in [6, 6.07) is 7.71. The Balaban J connectivity index is 2.28. The van der Waals surface area contributed by atoms with Crippen LogP contribution in [0.4, 0.5) is 0 Å². The first-order valence-electron chi connectivity index (χ1n) is 8.95. The molecule has 0 aromatic heterocycles. The quantitative estimate of drug-likeness (QED) is 0.419. The number of hydrogen-bond acceptors (Lipinski definition) is 7. The smallest absolute Gasteiger partial charge is 0.497 e. The van der Waals surface area contributed by atoms with Gasteiger partial charge in [-0.2, -0.15) is 4.72 Å². The number of rotatable bonds is 6. The number of nitrogens with zero attached hydrogens (tertiary/aromatic N) is 1. The van der Waals surface area contributed by atoms with Crippen LogP contribution in [0.2, 0.25) is 0 Å². The van der Waals surface area contributed by atoms with Crippen molar-refractivity contribution in [1.82, 2.24) is 9.62 Å². The molecule has 8 nitrogen and oxygen atoms in total. The van der Waals surface area contributed by atoms with Gasteiger partial charge in [0.15, 0.2) is 0 Å². The molecule has 10 heteroatoms. The summed E-state index contributed by atoms with van der Waals surface area (Å²) < 4.78 is 38.1. The normalized spacial score (nSPS) is 16.9. The molecular weight excluding hydrogens is 383 g/mol. The van der Waals surface area contributed by atoms with Crippen molar-refractivity contribution < 1.29 is 27.3 Å². The van der Waals surface area contributed by atoms with Crippen molar-refractivity contribution in [2.24, 2.45) is 0 Å². The van der Waals surface area contributed by atoms with Crippen LogP contribution in [0.5, 0.6) is 0 Å². The molecule has 28 heavy (non-hydrogen) atoms. The maximum Gasteiger partial charge on any atom is 0.631 e. The molecule has 0 radical (unpaired) electrons. The lowest BCUT2D eigenvalue weighted by Gasteiger charge is -2.25. The van der Waals surface area contributed by atoms with E-state index in [1.165, 1.54) is 17.0 Å². The largest absolute Gasteiger partial charge is 0.631 e. The lowest BCUT2D eigenvalue weighted by Crippen LogP contribution is -2.53. The van der Waals surface area contributed by atoms with Gasteiger partial charge >= 0.3 is 19.1 Å². The van der Waals surface area contributed by atoms with Crippen molar-refractivity contribution in [1.29, 1.82) is 0 Å². The van der Waals surface area contributed by atoms with E-state index in [4.69, 9.17) is 9.31 Å². The maximum absolute atomic E-state index is 12.7. The van der Waals surface area contributed by atoms with Crippen molar-refractivity contribution in [3.05, 3.63) is 30.3 Å². The third-order valence-corrected chi connectivity index (χ3v) is 5.27.